The van der Waals surface area contributed by atoms with Gasteiger partial charge in [0.05, 0.1) is 35.0 Å². The summed E-state index contributed by atoms with van der Waals surface area (Å²) >= 11 is 0. The molecule has 0 unspecified atom stereocenters. The van der Waals surface area contributed by atoms with E-state index in [-0.39, 0.29) is 11.1 Å². The Kier molecular flexibility index (Phi) is 4.89. The second kappa shape index (κ2) is 7.58. The Hall–Kier alpha value is -3.88. The maximum absolute atomic E-state index is 13.7. The number of alkyl halides is 3. The Morgan fingerprint density at radius 2 is 1.56 bits per heavy atom. The van der Waals surface area contributed by atoms with Crippen LogP contribution >= 0.6 is 0 Å². The molecular formula is C25H22F3N5O. The molecular weight excluding hydrogens is 443 g/mol. The monoisotopic (exact) mass is 465 g/mol. The second-order valence-corrected chi connectivity index (χ2v) is 9.10. The number of aryl methyl sites for hydroxylation is 1. The van der Waals surface area contributed by atoms with E-state index in [4.69, 9.17) is 5.73 Å². The number of hydrogen-bond donors (Lipinski definition) is 1. The molecule has 0 saturated carbocycles. The zero-order valence-corrected chi connectivity index (χ0v) is 18.6. The Morgan fingerprint density at radius 1 is 0.971 bits per heavy atom. The lowest BCUT2D eigenvalue weighted by atomic mass is 9.90. The third-order valence-electron chi connectivity index (χ3n) is 6.32. The number of primary amides is 1. The number of halogens is 3. The van der Waals surface area contributed by atoms with E-state index >= 15 is 0 Å². The Labute approximate surface area is 193 Å². The highest BCUT2D eigenvalue weighted by Crippen LogP contribution is 2.40. The van der Waals surface area contributed by atoms with E-state index in [0.29, 0.717) is 10.2 Å². The second-order valence-electron chi connectivity index (χ2n) is 9.10. The van der Waals surface area contributed by atoms with Crippen molar-refractivity contribution in [3.05, 3.63) is 83.4 Å². The van der Waals surface area contributed by atoms with Gasteiger partial charge >= 0.3 is 6.18 Å². The van der Waals surface area contributed by atoms with Gasteiger partial charge in [0.1, 0.15) is 0 Å². The van der Waals surface area contributed by atoms with Crippen molar-refractivity contribution in [3.63, 3.8) is 0 Å². The average molecular weight is 465 g/mol. The highest BCUT2D eigenvalue weighted by Gasteiger charge is 2.40. The van der Waals surface area contributed by atoms with E-state index in [1.807, 2.05) is 41.2 Å². The largest absolute Gasteiger partial charge is 0.434 e. The van der Waals surface area contributed by atoms with Gasteiger partial charge in [0, 0.05) is 5.41 Å². The van der Waals surface area contributed by atoms with E-state index in [2.05, 4.69) is 24.0 Å². The summed E-state index contributed by atoms with van der Waals surface area (Å²) in [5.41, 5.74) is 8.27. The summed E-state index contributed by atoms with van der Waals surface area (Å²) in [6.45, 7) is 4.40. The molecule has 2 heterocycles. The topological polar surface area (TPSA) is 78.7 Å². The first-order valence-corrected chi connectivity index (χ1v) is 10.8. The number of hydrogen-bond acceptors (Lipinski definition) is 3. The van der Waals surface area contributed by atoms with Crippen molar-refractivity contribution in [2.45, 2.75) is 38.3 Å². The van der Waals surface area contributed by atoms with Gasteiger partial charge in [-0.15, -0.1) is 0 Å². The minimum atomic E-state index is -4.80. The van der Waals surface area contributed by atoms with Crippen LogP contribution in [0, 0.1) is 0 Å². The molecule has 174 valence electrons. The predicted octanol–water partition coefficient (Wildman–Crippen LogP) is 5.07. The number of benzene rings is 2. The van der Waals surface area contributed by atoms with Crippen molar-refractivity contribution in [2.24, 2.45) is 5.73 Å². The lowest BCUT2D eigenvalue weighted by molar-refractivity contribution is -0.143. The third kappa shape index (κ3) is 3.57. The first kappa shape index (κ1) is 21.9. The van der Waals surface area contributed by atoms with Gasteiger partial charge < -0.3 is 5.73 Å². The molecule has 2 aromatic heterocycles. The van der Waals surface area contributed by atoms with Crippen LogP contribution in [0.5, 0.6) is 0 Å². The lowest BCUT2D eigenvalue weighted by Crippen LogP contribution is -2.20. The standard InChI is InChI=1S/C25H22F3N5O/c1-24(2)10-9-17-13-30-32(21(17)24)18-7-3-5-15(11-18)16-6-4-8-19(12-16)33-22(25(26,27)28)20(14-31-33)23(29)34/h3-8,11-14H,9-10H2,1-2H3,(H2,29,34). The molecule has 2 aromatic carbocycles. The van der Waals surface area contributed by atoms with Crippen molar-refractivity contribution in [1.29, 1.82) is 0 Å². The molecule has 5 rings (SSSR count). The Morgan fingerprint density at radius 3 is 2.15 bits per heavy atom. The number of carbonyl (C=O) groups is 1. The highest BCUT2D eigenvalue weighted by molar-refractivity contribution is 5.94. The molecule has 2 N–H and O–H groups in total. The van der Waals surface area contributed by atoms with Crippen molar-refractivity contribution >= 4 is 5.91 Å². The highest BCUT2D eigenvalue weighted by atomic mass is 19.4. The van der Waals surface area contributed by atoms with Gasteiger partial charge in [0.25, 0.3) is 5.91 Å². The van der Waals surface area contributed by atoms with Gasteiger partial charge in [-0.3, -0.25) is 4.79 Å². The molecule has 0 radical (unpaired) electrons. The molecule has 9 heteroatoms. The molecule has 6 nitrogen and oxygen atoms in total. The summed E-state index contributed by atoms with van der Waals surface area (Å²) in [6.07, 6.45) is -0.00395. The van der Waals surface area contributed by atoms with Crippen LogP contribution in [0.1, 0.15) is 47.6 Å². The fourth-order valence-corrected chi connectivity index (χ4v) is 4.68. The van der Waals surface area contributed by atoms with Gasteiger partial charge in [-0.1, -0.05) is 38.1 Å². The zero-order valence-electron chi connectivity index (χ0n) is 18.6. The van der Waals surface area contributed by atoms with Gasteiger partial charge in [0.15, 0.2) is 5.69 Å². The number of carbonyl (C=O) groups excluding carboxylic acids is 1. The molecule has 1 aliphatic carbocycles. The number of rotatable bonds is 4. The minimum absolute atomic E-state index is 0.00791. The number of aromatic nitrogens is 4. The van der Waals surface area contributed by atoms with Crippen LogP contribution in [0.15, 0.2) is 60.9 Å². The van der Waals surface area contributed by atoms with Gasteiger partial charge in [0.2, 0.25) is 0 Å². The summed E-state index contributed by atoms with van der Waals surface area (Å²) in [7, 11) is 0. The SMILES string of the molecule is CC1(C)CCc2cnn(-c3cccc(-c4cccc(-n5ncc(C(N)=O)c5C(F)(F)F)c4)c3)c21. The third-order valence-corrected chi connectivity index (χ3v) is 6.32. The maximum Gasteiger partial charge on any atom is 0.434 e. The normalized spacial score (nSPS) is 14.9. The van der Waals surface area contributed by atoms with Gasteiger partial charge in [-0.2, -0.15) is 23.4 Å². The van der Waals surface area contributed by atoms with Crippen molar-refractivity contribution in [2.75, 3.05) is 0 Å². The average Bonchev–Trinajstić information content (AvgIpc) is 3.49. The van der Waals surface area contributed by atoms with E-state index in [0.717, 1.165) is 30.3 Å². The van der Waals surface area contributed by atoms with E-state index < -0.39 is 23.3 Å². The molecule has 34 heavy (non-hydrogen) atoms. The molecule has 0 fully saturated rings. The van der Waals surface area contributed by atoms with Gasteiger partial charge in [-0.25, -0.2) is 9.36 Å². The van der Waals surface area contributed by atoms with Crippen LogP contribution in [0.2, 0.25) is 0 Å². The minimum Gasteiger partial charge on any atom is -0.365 e. The summed E-state index contributed by atoms with van der Waals surface area (Å²) in [6, 6.07) is 14.3. The maximum atomic E-state index is 13.7. The molecule has 0 spiro atoms. The summed E-state index contributed by atoms with van der Waals surface area (Å²) in [5.74, 6) is -1.18. The smallest absolute Gasteiger partial charge is 0.365 e. The predicted molar refractivity (Wildman–Crippen MR) is 121 cm³/mol. The number of nitrogens with zero attached hydrogens (tertiary/aromatic N) is 4. The van der Waals surface area contributed by atoms with Crippen LogP contribution in [0.3, 0.4) is 0 Å². The van der Waals surface area contributed by atoms with Crippen molar-refractivity contribution in [3.8, 4) is 22.5 Å². The first-order valence-electron chi connectivity index (χ1n) is 10.8. The van der Waals surface area contributed by atoms with Crippen LogP contribution in [-0.2, 0) is 18.0 Å². The molecule has 0 atom stereocenters. The quantitative estimate of drug-likeness (QED) is 0.457. The zero-order chi connectivity index (χ0) is 24.3. The number of fused-ring (bicyclic) bond motifs is 1. The fourth-order valence-electron chi connectivity index (χ4n) is 4.68. The van der Waals surface area contributed by atoms with Crippen LogP contribution < -0.4 is 5.73 Å². The summed E-state index contributed by atoms with van der Waals surface area (Å²) < 4.78 is 43.8. The van der Waals surface area contributed by atoms with E-state index in [1.54, 1.807) is 12.1 Å². The molecule has 1 aliphatic rings. The Bertz CT molecular complexity index is 1410. The van der Waals surface area contributed by atoms with E-state index in [9.17, 15) is 18.0 Å². The first-order chi connectivity index (χ1) is 16.1. The number of amides is 1. The molecule has 0 bridgehead atoms. The van der Waals surface area contributed by atoms with Crippen LogP contribution in [0.4, 0.5) is 13.2 Å². The lowest BCUT2D eigenvalue weighted by Gasteiger charge is -2.21. The number of nitrogens with two attached hydrogens (primary N) is 1. The van der Waals surface area contributed by atoms with Crippen LogP contribution in [-0.4, -0.2) is 25.5 Å². The molecule has 0 aliphatic heterocycles. The van der Waals surface area contributed by atoms with Crippen LogP contribution in [0.25, 0.3) is 22.5 Å². The van der Waals surface area contributed by atoms with Crippen molar-refractivity contribution in [1.82, 2.24) is 19.6 Å². The summed E-state index contributed by atoms with van der Waals surface area (Å²) in [5, 5.41) is 8.40. The fraction of sp³-hybridized carbons (Fsp3) is 0.240. The van der Waals surface area contributed by atoms with Gasteiger partial charge in [-0.05, 0) is 53.8 Å². The Balaban J connectivity index is 1.58. The summed E-state index contributed by atoms with van der Waals surface area (Å²) in [4.78, 5) is 11.5. The molecule has 0 saturated heterocycles. The van der Waals surface area contributed by atoms with E-state index in [1.165, 1.54) is 17.3 Å². The van der Waals surface area contributed by atoms with Crippen molar-refractivity contribution < 1.29 is 18.0 Å². The molecule has 4 aromatic rings. The molecule has 1 amide bonds.